The van der Waals surface area contributed by atoms with Gasteiger partial charge >= 0.3 is 6.18 Å². The van der Waals surface area contributed by atoms with E-state index in [1.54, 1.807) is 0 Å². The summed E-state index contributed by atoms with van der Waals surface area (Å²) in [6.07, 6.45) is 4.12. The number of alkyl halides is 3. The first-order valence-electron chi connectivity index (χ1n) is 11.4. The Hall–Kier alpha value is -1.90. The van der Waals surface area contributed by atoms with Gasteiger partial charge in [0.05, 0.1) is 11.7 Å². The van der Waals surface area contributed by atoms with Gasteiger partial charge in [0.25, 0.3) is 5.91 Å². The van der Waals surface area contributed by atoms with Crippen LogP contribution in [0.4, 0.5) is 19.1 Å². The topological polar surface area (TPSA) is 78.4 Å². The first-order chi connectivity index (χ1) is 14.7. The number of nitrogens with zero attached hydrogens (tertiary/aromatic N) is 3. The third-order valence-electron chi connectivity index (χ3n) is 7.81. The Bertz CT molecular complexity index is 840. The molecule has 6 rings (SSSR count). The average Bonchev–Trinajstić information content (AvgIpc) is 2.90. The van der Waals surface area contributed by atoms with Crippen LogP contribution in [0, 0.1) is 17.8 Å². The number of hydrogen-bond donors (Lipinski definition) is 2. The van der Waals surface area contributed by atoms with Crippen molar-refractivity contribution in [1.82, 2.24) is 14.9 Å². The Morgan fingerprint density at radius 2 is 1.74 bits per heavy atom. The van der Waals surface area contributed by atoms with Crippen molar-refractivity contribution in [3.63, 3.8) is 0 Å². The molecule has 170 valence electrons. The maximum atomic E-state index is 13.9. The molecule has 1 saturated heterocycles. The summed E-state index contributed by atoms with van der Waals surface area (Å²) in [7, 11) is 0. The van der Waals surface area contributed by atoms with Crippen LogP contribution in [0.3, 0.4) is 0 Å². The molecule has 1 aromatic heterocycles. The highest BCUT2D eigenvalue weighted by Crippen LogP contribution is 2.53. The molecule has 1 aromatic rings. The first kappa shape index (κ1) is 21.0. The minimum Gasteiger partial charge on any atom is -0.393 e. The fraction of sp³-hybridized carbons (Fsp3) is 0.773. The lowest BCUT2D eigenvalue weighted by Gasteiger charge is -2.45. The third kappa shape index (κ3) is 4.13. The lowest BCUT2D eigenvalue weighted by atomic mass is 9.65. The van der Waals surface area contributed by atoms with E-state index >= 15 is 0 Å². The van der Waals surface area contributed by atoms with Crippen LogP contribution < -0.4 is 5.32 Å². The molecule has 0 aromatic carbocycles. The van der Waals surface area contributed by atoms with Gasteiger partial charge in [0.1, 0.15) is 0 Å². The number of carbonyl (C=O) groups is 1. The zero-order chi connectivity index (χ0) is 21.8. The van der Waals surface area contributed by atoms with Gasteiger partial charge in [0.2, 0.25) is 5.95 Å². The van der Waals surface area contributed by atoms with Crippen LogP contribution in [0.15, 0.2) is 6.20 Å². The molecule has 5 aliphatic rings. The van der Waals surface area contributed by atoms with Crippen molar-refractivity contribution in [1.29, 1.82) is 0 Å². The molecular formula is C22H29F3N4O2. The standard InChI is InChI=1S/C22H29F3N4O2/c23-22(24,25)18-17(19(31)29-5-2-16(30)3-6-29)12-26-20(27-18)28-21-4-1-13-7-14(10-21)9-15(8-13)11-21/h12-16,30H,1-11H2,(H,26,27,28). The number of likely N-dealkylation sites (tertiary alicyclic amines) is 1. The molecule has 31 heavy (non-hydrogen) atoms. The molecule has 4 saturated carbocycles. The van der Waals surface area contributed by atoms with Crippen LogP contribution in [0.1, 0.15) is 73.8 Å². The van der Waals surface area contributed by atoms with E-state index in [-0.39, 0.29) is 24.6 Å². The average molecular weight is 438 g/mol. The highest BCUT2D eigenvalue weighted by molar-refractivity contribution is 5.95. The van der Waals surface area contributed by atoms with E-state index in [0.717, 1.165) is 37.8 Å². The number of halogens is 3. The van der Waals surface area contributed by atoms with Crippen molar-refractivity contribution < 1.29 is 23.1 Å². The molecule has 9 heteroatoms. The predicted octanol–water partition coefficient (Wildman–Crippen LogP) is 3.86. The molecule has 1 amide bonds. The summed E-state index contributed by atoms with van der Waals surface area (Å²) in [6, 6.07) is 0. The number of fused-ring (bicyclic) bond motifs is 1. The summed E-state index contributed by atoms with van der Waals surface area (Å²) in [5.41, 5.74) is -1.93. The van der Waals surface area contributed by atoms with Gasteiger partial charge in [0.15, 0.2) is 5.69 Å². The van der Waals surface area contributed by atoms with Gasteiger partial charge in [-0.15, -0.1) is 0 Å². The Morgan fingerprint density at radius 3 is 2.39 bits per heavy atom. The van der Waals surface area contributed by atoms with E-state index in [2.05, 4.69) is 15.3 Å². The number of aliphatic hydroxyl groups excluding tert-OH is 1. The minimum atomic E-state index is -4.75. The van der Waals surface area contributed by atoms with Gasteiger partial charge in [-0.2, -0.15) is 13.2 Å². The molecule has 2 unspecified atom stereocenters. The highest BCUT2D eigenvalue weighted by Gasteiger charge is 2.48. The molecular weight excluding hydrogens is 409 g/mol. The quantitative estimate of drug-likeness (QED) is 0.749. The molecule has 2 N–H and O–H groups in total. The Labute approximate surface area is 179 Å². The van der Waals surface area contributed by atoms with Crippen LogP contribution in [0.5, 0.6) is 0 Å². The monoisotopic (exact) mass is 438 g/mol. The molecule has 5 fully saturated rings. The third-order valence-corrected chi connectivity index (χ3v) is 7.81. The van der Waals surface area contributed by atoms with E-state index in [1.165, 1.54) is 24.2 Å². The van der Waals surface area contributed by atoms with Gasteiger partial charge < -0.3 is 15.3 Å². The molecule has 2 atom stereocenters. The number of amides is 1. The minimum absolute atomic E-state index is 0.0299. The lowest BCUT2D eigenvalue weighted by molar-refractivity contribution is -0.141. The molecule has 4 bridgehead atoms. The number of aromatic nitrogens is 2. The van der Waals surface area contributed by atoms with Gasteiger partial charge in [-0.1, -0.05) is 0 Å². The molecule has 4 aliphatic carbocycles. The predicted molar refractivity (Wildman–Crippen MR) is 107 cm³/mol. The fourth-order valence-corrected chi connectivity index (χ4v) is 6.60. The summed E-state index contributed by atoms with van der Waals surface area (Å²) >= 11 is 0. The summed E-state index contributed by atoms with van der Waals surface area (Å²) in [5, 5.41) is 12.9. The normalized spacial score (nSPS) is 33.4. The van der Waals surface area contributed by atoms with Crippen molar-refractivity contribution in [3.05, 3.63) is 17.5 Å². The molecule has 2 heterocycles. The Balaban J connectivity index is 1.41. The van der Waals surface area contributed by atoms with E-state index in [9.17, 15) is 23.1 Å². The SMILES string of the molecule is O=C(c1cnc(NC23CCC4CC(CC(C4)C2)C3)nc1C(F)(F)F)N1CCC(O)CC1. The van der Waals surface area contributed by atoms with Crippen molar-refractivity contribution in [2.75, 3.05) is 18.4 Å². The van der Waals surface area contributed by atoms with Crippen molar-refractivity contribution in [3.8, 4) is 0 Å². The summed E-state index contributed by atoms with van der Waals surface area (Å²) in [4.78, 5) is 22.1. The van der Waals surface area contributed by atoms with E-state index in [1.807, 2.05) is 0 Å². The van der Waals surface area contributed by atoms with E-state index < -0.39 is 29.4 Å². The highest BCUT2D eigenvalue weighted by atomic mass is 19.4. The number of nitrogens with one attached hydrogen (secondary N) is 1. The largest absolute Gasteiger partial charge is 0.434 e. The zero-order valence-electron chi connectivity index (χ0n) is 17.5. The van der Waals surface area contributed by atoms with Gasteiger partial charge in [-0.05, 0) is 75.5 Å². The van der Waals surface area contributed by atoms with Crippen LogP contribution >= 0.6 is 0 Å². The van der Waals surface area contributed by atoms with Crippen LogP contribution in [0.25, 0.3) is 0 Å². The van der Waals surface area contributed by atoms with Gasteiger partial charge in [-0.25, -0.2) is 9.97 Å². The smallest absolute Gasteiger partial charge is 0.393 e. The van der Waals surface area contributed by atoms with Gasteiger partial charge in [0, 0.05) is 24.8 Å². The second-order valence-corrected chi connectivity index (χ2v) is 10.1. The fourth-order valence-electron chi connectivity index (χ4n) is 6.60. The second-order valence-electron chi connectivity index (χ2n) is 10.1. The Kier molecular flexibility index (Phi) is 5.14. The summed E-state index contributed by atoms with van der Waals surface area (Å²) in [6.45, 7) is 0.453. The van der Waals surface area contributed by atoms with Crippen LogP contribution in [0.2, 0.25) is 0 Å². The van der Waals surface area contributed by atoms with Crippen molar-refractivity contribution in [2.45, 2.75) is 75.6 Å². The summed E-state index contributed by atoms with van der Waals surface area (Å²) in [5.74, 6) is 1.24. The number of piperidine rings is 1. The maximum absolute atomic E-state index is 13.9. The van der Waals surface area contributed by atoms with Gasteiger partial charge in [-0.3, -0.25) is 4.79 Å². The second kappa shape index (κ2) is 7.60. The maximum Gasteiger partial charge on any atom is 0.434 e. The van der Waals surface area contributed by atoms with E-state index in [0.29, 0.717) is 24.7 Å². The molecule has 6 nitrogen and oxygen atoms in total. The summed E-state index contributed by atoms with van der Waals surface area (Å²) < 4.78 is 41.6. The van der Waals surface area contributed by atoms with Crippen LogP contribution in [-0.4, -0.2) is 50.6 Å². The zero-order valence-corrected chi connectivity index (χ0v) is 17.5. The number of rotatable bonds is 3. The number of aliphatic hydroxyl groups is 1. The molecule has 1 aliphatic heterocycles. The number of anilines is 1. The molecule has 0 spiro atoms. The van der Waals surface area contributed by atoms with Crippen molar-refractivity contribution in [2.24, 2.45) is 17.8 Å². The van der Waals surface area contributed by atoms with E-state index in [4.69, 9.17) is 0 Å². The molecule has 0 radical (unpaired) electrons. The number of carbonyl (C=O) groups excluding carboxylic acids is 1. The lowest BCUT2D eigenvalue weighted by Crippen LogP contribution is -2.46. The van der Waals surface area contributed by atoms with Crippen molar-refractivity contribution >= 4 is 11.9 Å². The first-order valence-corrected chi connectivity index (χ1v) is 11.4. The number of hydrogen-bond acceptors (Lipinski definition) is 5. The Morgan fingerprint density at radius 1 is 1.10 bits per heavy atom. The van der Waals surface area contributed by atoms with Crippen LogP contribution in [-0.2, 0) is 6.18 Å².